The lowest BCUT2D eigenvalue weighted by Gasteiger charge is -2.33. The summed E-state index contributed by atoms with van der Waals surface area (Å²) in [6, 6.07) is 0. The molecule has 1 fully saturated rings. The monoisotopic (exact) mass is 312 g/mol. The Morgan fingerprint density at radius 3 is 1.80 bits per heavy atom. The standard InChI is InChI=1S/C8H18N2O4S.C2H6N2O/c11-7-5-9-1-3-10(4-2-9)6-8-15(12,13)14;3-1-2(4)5/h11H,1-8H2,(H,12,13,14);1,3H2,(H2,4,5). The maximum atomic E-state index is 10.5. The molecule has 20 heavy (non-hydrogen) atoms. The lowest BCUT2D eigenvalue weighted by atomic mass is 10.3. The Bertz CT molecular complexity index is 368. The molecule has 6 N–H and O–H groups in total. The molecule has 0 aromatic heterocycles. The van der Waals surface area contributed by atoms with Gasteiger partial charge in [0.25, 0.3) is 10.1 Å². The van der Waals surface area contributed by atoms with Crippen molar-refractivity contribution < 1.29 is 22.9 Å². The highest BCUT2D eigenvalue weighted by molar-refractivity contribution is 7.85. The van der Waals surface area contributed by atoms with Gasteiger partial charge in [-0.05, 0) is 0 Å². The van der Waals surface area contributed by atoms with Crippen LogP contribution in [0.4, 0.5) is 0 Å². The van der Waals surface area contributed by atoms with Crippen LogP contribution in [0.1, 0.15) is 0 Å². The van der Waals surface area contributed by atoms with Gasteiger partial charge in [-0.25, -0.2) is 0 Å². The Balaban J connectivity index is 0.000000621. The predicted octanol–water partition coefficient (Wildman–Crippen LogP) is -3.09. The number of primary amides is 1. The number of β-amino-alcohol motifs (C(OH)–C–C–N with tert-alkyl or cyclic N) is 1. The molecule has 0 bridgehead atoms. The molecular weight excluding hydrogens is 288 g/mol. The van der Waals surface area contributed by atoms with Gasteiger partial charge in [0.2, 0.25) is 5.91 Å². The smallest absolute Gasteiger partial charge is 0.266 e. The minimum absolute atomic E-state index is 0.0556. The van der Waals surface area contributed by atoms with Crippen LogP contribution in [0, 0.1) is 0 Å². The number of nitrogens with two attached hydrogens (primary N) is 2. The van der Waals surface area contributed by atoms with Crippen LogP contribution in [0.5, 0.6) is 0 Å². The summed E-state index contributed by atoms with van der Waals surface area (Å²) in [5.74, 6) is -0.669. The average Bonchev–Trinajstić information content (AvgIpc) is 2.38. The van der Waals surface area contributed by atoms with Crippen LogP contribution in [0.3, 0.4) is 0 Å². The third-order valence-electron chi connectivity index (χ3n) is 2.75. The largest absolute Gasteiger partial charge is 0.395 e. The van der Waals surface area contributed by atoms with Crippen molar-refractivity contribution in [3.63, 3.8) is 0 Å². The van der Waals surface area contributed by atoms with Gasteiger partial charge in [-0.1, -0.05) is 0 Å². The molecule has 9 nitrogen and oxygen atoms in total. The summed E-state index contributed by atoms with van der Waals surface area (Å²) in [7, 11) is -3.84. The van der Waals surface area contributed by atoms with Crippen molar-refractivity contribution in [2.24, 2.45) is 11.5 Å². The molecule has 1 rings (SSSR count). The summed E-state index contributed by atoms with van der Waals surface area (Å²) in [5, 5.41) is 8.73. The van der Waals surface area contributed by atoms with Crippen LogP contribution < -0.4 is 11.5 Å². The van der Waals surface area contributed by atoms with E-state index in [9.17, 15) is 13.2 Å². The lowest BCUT2D eigenvalue weighted by molar-refractivity contribution is -0.116. The molecule has 0 aromatic carbocycles. The number of carbonyl (C=O) groups is 1. The van der Waals surface area contributed by atoms with Gasteiger partial charge in [0.15, 0.2) is 0 Å². The van der Waals surface area contributed by atoms with E-state index in [2.05, 4.69) is 10.6 Å². The molecular formula is C10H24N4O5S. The van der Waals surface area contributed by atoms with Crippen molar-refractivity contribution in [2.45, 2.75) is 0 Å². The van der Waals surface area contributed by atoms with Crippen LogP contribution in [0.2, 0.25) is 0 Å². The Hall–Kier alpha value is -0.780. The van der Waals surface area contributed by atoms with Crippen molar-refractivity contribution in [2.75, 3.05) is 58.2 Å². The molecule has 1 aliphatic heterocycles. The number of rotatable bonds is 6. The Labute approximate surface area is 119 Å². The normalized spacial score (nSPS) is 17.4. The molecule has 120 valence electrons. The molecule has 0 atom stereocenters. The molecule has 10 heteroatoms. The second-order valence-electron chi connectivity index (χ2n) is 4.36. The maximum Gasteiger partial charge on any atom is 0.266 e. The number of aliphatic hydroxyl groups is 1. The maximum absolute atomic E-state index is 10.5. The fourth-order valence-corrected chi connectivity index (χ4v) is 2.11. The minimum Gasteiger partial charge on any atom is -0.395 e. The zero-order valence-corrected chi connectivity index (χ0v) is 12.3. The van der Waals surface area contributed by atoms with Gasteiger partial charge in [0.05, 0.1) is 18.9 Å². The van der Waals surface area contributed by atoms with Gasteiger partial charge in [-0.2, -0.15) is 8.42 Å². The summed E-state index contributed by atoms with van der Waals surface area (Å²) in [6.07, 6.45) is 0. The zero-order chi connectivity index (χ0) is 15.6. The van der Waals surface area contributed by atoms with E-state index >= 15 is 0 Å². The SMILES string of the molecule is NCC(N)=O.O=S(=O)(O)CCN1CCN(CCO)CC1. The number of piperazine rings is 1. The minimum atomic E-state index is -3.84. The first kappa shape index (κ1) is 19.2. The fraction of sp³-hybridized carbons (Fsp3) is 0.900. The Kier molecular flexibility index (Phi) is 9.63. The number of hydrogen-bond donors (Lipinski definition) is 4. The van der Waals surface area contributed by atoms with E-state index in [1.54, 1.807) is 0 Å². The number of carbonyl (C=O) groups excluding carboxylic acids is 1. The van der Waals surface area contributed by atoms with Gasteiger partial charge < -0.3 is 16.6 Å². The van der Waals surface area contributed by atoms with Crippen molar-refractivity contribution >= 4 is 16.0 Å². The first-order chi connectivity index (χ1) is 9.28. The molecule has 0 unspecified atom stereocenters. The summed E-state index contributed by atoms with van der Waals surface area (Å²) in [5.41, 5.74) is 9.22. The number of hydrogen-bond acceptors (Lipinski definition) is 7. The van der Waals surface area contributed by atoms with Gasteiger partial charge >= 0.3 is 0 Å². The van der Waals surface area contributed by atoms with Gasteiger partial charge in [0.1, 0.15) is 0 Å². The quantitative estimate of drug-likeness (QED) is 0.377. The van der Waals surface area contributed by atoms with Crippen molar-refractivity contribution in [3.05, 3.63) is 0 Å². The van der Waals surface area contributed by atoms with E-state index in [0.717, 1.165) is 26.2 Å². The van der Waals surface area contributed by atoms with Gasteiger partial charge in [-0.3, -0.25) is 19.1 Å². The van der Waals surface area contributed by atoms with Crippen LogP contribution in [0.15, 0.2) is 0 Å². The Morgan fingerprint density at radius 1 is 1.10 bits per heavy atom. The molecule has 1 amide bonds. The third-order valence-corrected chi connectivity index (χ3v) is 3.45. The van der Waals surface area contributed by atoms with E-state index in [0.29, 0.717) is 13.1 Å². The molecule has 0 spiro atoms. The van der Waals surface area contributed by atoms with Crippen molar-refractivity contribution in [3.8, 4) is 0 Å². The fourth-order valence-electron chi connectivity index (χ4n) is 1.62. The van der Waals surface area contributed by atoms with Gasteiger partial charge in [-0.15, -0.1) is 0 Å². The highest BCUT2D eigenvalue weighted by Crippen LogP contribution is 2.01. The molecule has 0 saturated carbocycles. The summed E-state index contributed by atoms with van der Waals surface area (Å²) in [6.45, 7) is 4.41. The highest BCUT2D eigenvalue weighted by Gasteiger charge is 2.17. The number of nitrogens with zero attached hydrogens (tertiary/aromatic N) is 2. The summed E-state index contributed by atoms with van der Waals surface area (Å²) < 4.78 is 29.6. The second-order valence-corrected chi connectivity index (χ2v) is 5.94. The van der Waals surface area contributed by atoms with E-state index in [1.165, 1.54) is 0 Å². The third kappa shape index (κ3) is 11.1. The second kappa shape index (κ2) is 10.0. The summed E-state index contributed by atoms with van der Waals surface area (Å²) >= 11 is 0. The predicted molar refractivity (Wildman–Crippen MR) is 74.6 cm³/mol. The number of aliphatic hydroxyl groups excluding tert-OH is 1. The van der Waals surface area contributed by atoms with Crippen molar-refractivity contribution in [1.29, 1.82) is 0 Å². The molecule has 0 aromatic rings. The van der Waals surface area contributed by atoms with E-state index in [4.69, 9.17) is 15.4 Å². The van der Waals surface area contributed by atoms with E-state index in [-0.39, 0.29) is 18.9 Å². The Morgan fingerprint density at radius 2 is 1.50 bits per heavy atom. The average molecular weight is 312 g/mol. The van der Waals surface area contributed by atoms with Crippen LogP contribution in [-0.4, -0.2) is 92.0 Å². The molecule has 0 aliphatic carbocycles. The lowest BCUT2D eigenvalue weighted by Crippen LogP contribution is -2.48. The van der Waals surface area contributed by atoms with E-state index in [1.807, 2.05) is 4.90 Å². The van der Waals surface area contributed by atoms with E-state index < -0.39 is 16.0 Å². The van der Waals surface area contributed by atoms with Crippen molar-refractivity contribution in [1.82, 2.24) is 9.80 Å². The first-order valence-corrected chi connectivity index (χ1v) is 7.88. The first-order valence-electron chi connectivity index (χ1n) is 6.27. The summed E-state index contributed by atoms with van der Waals surface area (Å²) in [4.78, 5) is 13.6. The molecule has 1 saturated heterocycles. The highest BCUT2D eigenvalue weighted by atomic mass is 32.2. The molecule has 1 aliphatic rings. The zero-order valence-electron chi connectivity index (χ0n) is 11.4. The number of amides is 1. The molecule has 0 radical (unpaired) electrons. The van der Waals surface area contributed by atoms with Gasteiger partial charge in [0, 0.05) is 39.3 Å². The molecule has 1 heterocycles. The topological polar surface area (TPSA) is 150 Å². The van der Waals surface area contributed by atoms with Crippen LogP contribution in [0.25, 0.3) is 0 Å². The van der Waals surface area contributed by atoms with Crippen LogP contribution in [-0.2, 0) is 14.9 Å². The van der Waals surface area contributed by atoms with Crippen LogP contribution >= 0.6 is 0 Å².